The summed E-state index contributed by atoms with van der Waals surface area (Å²) in [5, 5.41) is 15.2. The quantitative estimate of drug-likeness (QED) is 0.424. The lowest BCUT2D eigenvalue weighted by molar-refractivity contribution is -0.143. The number of aromatic nitrogens is 2. The molecule has 7 heteroatoms. The number of hydrogen-bond donors (Lipinski definition) is 2. The summed E-state index contributed by atoms with van der Waals surface area (Å²) in [4.78, 5) is 29.2. The van der Waals surface area contributed by atoms with Crippen LogP contribution in [-0.4, -0.2) is 37.3 Å². The minimum absolute atomic E-state index is 0.220. The van der Waals surface area contributed by atoms with Crippen molar-refractivity contribution in [3.63, 3.8) is 0 Å². The third-order valence-electron chi connectivity index (χ3n) is 5.82. The van der Waals surface area contributed by atoms with Gasteiger partial charge in [0.05, 0.1) is 10.4 Å². The average molecular weight is 468 g/mol. The van der Waals surface area contributed by atoms with Crippen molar-refractivity contribution < 1.29 is 14.7 Å². The molecule has 176 valence electrons. The third kappa shape index (κ3) is 5.08. The number of carboxylic acid groups (broad SMARTS) is 1. The van der Waals surface area contributed by atoms with E-state index in [4.69, 9.17) is 0 Å². The molecule has 2 N–H and O–H groups in total. The number of hydrogen-bond acceptors (Lipinski definition) is 4. The van der Waals surface area contributed by atoms with E-state index in [1.165, 1.54) is 22.7 Å². The Balaban J connectivity index is 2.01. The molecule has 0 spiro atoms. The lowest BCUT2D eigenvalue weighted by atomic mass is 9.95. The zero-order chi connectivity index (χ0) is 24.5. The van der Waals surface area contributed by atoms with Gasteiger partial charge in [-0.05, 0) is 49.6 Å². The number of amides is 1. The highest BCUT2D eigenvalue weighted by molar-refractivity contribution is 8.01. The molecule has 0 aliphatic rings. The van der Waals surface area contributed by atoms with Crippen LogP contribution in [0.5, 0.6) is 0 Å². The summed E-state index contributed by atoms with van der Waals surface area (Å²) in [5.74, 6) is -1.19. The van der Waals surface area contributed by atoms with Gasteiger partial charge in [0, 0.05) is 17.3 Å². The highest BCUT2D eigenvalue weighted by Crippen LogP contribution is 2.37. The number of carbonyl (C=O) groups is 2. The van der Waals surface area contributed by atoms with Crippen LogP contribution in [0, 0.1) is 12.8 Å². The van der Waals surface area contributed by atoms with Crippen molar-refractivity contribution in [3.05, 3.63) is 53.9 Å². The van der Waals surface area contributed by atoms with E-state index in [-0.39, 0.29) is 11.8 Å². The standard InChI is InChI=1S/C26H33N3O3S/c1-15(2)18-12-13-21(20-11-9-8-10-19(18)20)29-17(5)14-27-25(29)33-26(6,7)24(32)28-22(16(3)4)23(30)31/h8-16,22H,1-7H3,(H,28,32)(H,30,31). The van der Waals surface area contributed by atoms with Crippen molar-refractivity contribution in [3.8, 4) is 5.69 Å². The number of rotatable bonds is 8. The van der Waals surface area contributed by atoms with Gasteiger partial charge in [-0.3, -0.25) is 9.36 Å². The maximum Gasteiger partial charge on any atom is 0.326 e. The van der Waals surface area contributed by atoms with Crippen molar-refractivity contribution >= 4 is 34.4 Å². The van der Waals surface area contributed by atoms with Crippen molar-refractivity contribution in [2.45, 2.75) is 70.3 Å². The summed E-state index contributed by atoms with van der Waals surface area (Å²) < 4.78 is 1.15. The fourth-order valence-electron chi connectivity index (χ4n) is 3.89. The number of benzene rings is 2. The van der Waals surface area contributed by atoms with E-state index in [0.717, 1.165) is 16.8 Å². The maximum atomic E-state index is 13.0. The van der Waals surface area contributed by atoms with Crippen LogP contribution in [0.4, 0.5) is 0 Å². The van der Waals surface area contributed by atoms with Crippen molar-refractivity contribution in [2.75, 3.05) is 0 Å². The lowest BCUT2D eigenvalue weighted by Gasteiger charge is -2.27. The van der Waals surface area contributed by atoms with Gasteiger partial charge in [0.1, 0.15) is 6.04 Å². The number of carboxylic acids is 1. The minimum Gasteiger partial charge on any atom is -0.480 e. The Morgan fingerprint density at radius 2 is 1.70 bits per heavy atom. The molecule has 1 amide bonds. The molecule has 1 atom stereocenters. The van der Waals surface area contributed by atoms with Gasteiger partial charge in [-0.1, -0.05) is 69.8 Å². The van der Waals surface area contributed by atoms with E-state index in [2.05, 4.69) is 59.0 Å². The first-order chi connectivity index (χ1) is 15.4. The molecule has 0 fully saturated rings. The number of nitrogens with one attached hydrogen (secondary N) is 1. The van der Waals surface area contributed by atoms with E-state index in [9.17, 15) is 14.7 Å². The number of aliphatic carboxylic acids is 1. The van der Waals surface area contributed by atoms with Crippen LogP contribution in [0.15, 0.2) is 47.8 Å². The summed E-state index contributed by atoms with van der Waals surface area (Å²) in [6.07, 6.45) is 1.80. The Morgan fingerprint density at radius 1 is 1.06 bits per heavy atom. The fraction of sp³-hybridized carbons (Fsp3) is 0.423. The average Bonchev–Trinajstić information content (AvgIpc) is 3.09. The van der Waals surface area contributed by atoms with Gasteiger partial charge < -0.3 is 10.4 Å². The summed E-state index contributed by atoms with van der Waals surface area (Å²) in [7, 11) is 0. The summed E-state index contributed by atoms with van der Waals surface area (Å²) in [6, 6.07) is 11.7. The first-order valence-corrected chi connectivity index (χ1v) is 12.0. The molecule has 1 heterocycles. The summed E-state index contributed by atoms with van der Waals surface area (Å²) in [6.45, 7) is 13.5. The van der Waals surface area contributed by atoms with Crippen molar-refractivity contribution in [1.82, 2.24) is 14.9 Å². The molecule has 0 aliphatic heterocycles. The van der Waals surface area contributed by atoms with E-state index in [1.54, 1.807) is 33.9 Å². The molecule has 6 nitrogen and oxygen atoms in total. The maximum absolute atomic E-state index is 13.0. The molecule has 1 aromatic heterocycles. The van der Waals surface area contributed by atoms with Gasteiger partial charge in [-0.25, -0.2) is 9.78 Å². The van der Waals surface area contributed by atoms with Crippen LogP contribution in [0.1, 0.15) is 58.7 Å². The van der Waals surface area contributed by atoms with Crippen LogP contribution in [0.3, 0.4) is 0 Å². The predicted molar refractivity (Wildman–Crippen MR) is 134 cm³/mol. The molecular formula is C26H33N3O3S. The Hall–Kier alpha value is -2.80. The lowest BCUT2D eigenvalue weighted by Crippen LogP contribution is -2.50. The summed E-state index contributed by atoms with van der Waals surface area (Å²) >= 11 is 1.33. The molecule has 33 heavy (non-hydrogen) atoms. The van der Waals surface area contributed by atoms with E-state index < -0.39 is 16.8 Å². The third-order valence-corrected chi connectivity index (χ3v) is 6.98. The Bertz CT molecular complexity index is 1180. The Kier molecular flexibility index (Phi) is 7.22. The SMILES string of the molecule is Cc1cnc(SC(C)(C)C(=O)NC(C(=O)O)C(C)C)n1-c1ccc(C(C)C)c2ccccc12. The molecule has 0 bridgehead atoms. The monoisotopic (exact) mass is 467 g/mol. The first-order valence-electron chi connectivity index (χ1n) is 11.2. The zero-order valence-electron chi connectivity index (χ0n) is 20.3. The number of nitrogens with zero attached hydrogens (tertiary/aromatic N) is 2. The van der Waals surface area contributed by atoms with Crippen LogP contribution in [0.25, 0.3) is 16.5 Å². The van der Waals surface area contributed by atoms with Crippen LogP contribution in [0.2, 0.25) is 0 Å². The number of aryl methyl sites for hydroxylation is 1. The number of fused-ring (bicyclic) bond motifs is 1. The smallest absolute Gasteiger partial charge is 0.326 e. The molecule has 3 rings (SSSR count). The molecule has 1 unspecified atom stereocenters. The van der Waals surface area contributed by atoms with Crippen molar-refractivity contribution in [1.29, 1.82) is 0 Å². The minimum atomic E-state index is -1.03. The van der Waals surface area contributed by atoms with Crippen molar-refractivity contribution in [2.24, 2.45) is 5.92 Å². The highest BCUT2D eigenvalue weighted by Gasteiger charge is 2.35. The second-order valence-electron chi connectivity index (χ2n) is 9.54. The molecule has 0 aliphatic carbocycles. The number of imidazole rings is 1. The Morgan fingerprint density at radius 3 is 2.27 bits per heavy atom. The second kappa shape index (κ2) is 9.59. The topological polar surface area (TPSA) is 84.2 Å². The molecule has 0 saturated heterocycles. The van der Waals surface area contributed by atoms with Gasteiger partial charge in [-0.2, -0.15) is 0 Å². The van der Waals surface area contributed by atoms with E-state index in [1.807, 2.05) is 13.0 Å². The zero-order valence-corrected chi connectivity index (χ0v) is 21.2. The largest absolute Gasteiger partial charge is 0.480 e. The molecule has 0 saturated carbocycles. The van der Waals surface area contributed by atoms with Gasteiger partial charge in [0.15, 0.2) is 5.16 Å². The predicted octanol–water partition coefficient (Wildman–Crippen LogP) is 5.55. The van der Waals surface area contributed by atoms with E-state index in [0.29, 0.717) is 11.1 Å². The fourth-order valence-corrected chi connectivity index (χ4v) is 4.94. The van der Waals surface area contributed by atoms with Gasteiger partial charge >= 0.3 is 5.97 Å². The van der Waals surface area contributed by atoms with Crippen LogP contribution >= 0.6 is 11.8 Å². The van der Waals surface area contributed by atoms with Crippen LogP contribution < -0.4 is 5.32 Å². The number of thioether (sulfide) groups is 1. The van der Waals surface area contributed by atoms with Crippen LogP contribution in [-0.2, 0) is 9.59 Å². The second-order valence-corrected chi connectivity index (χ2v) is 11.1. The molecular weight excluding hydrogens is 434 g/mol. The molecule has 0 radical (unpaired) electrons. The first kappa shape index (κ1) is 24.8. The summed E-state index contributed by atoms with van der Waals surface area (Å²) in [5.41, 5.74) is 3.26. The van der Waals surface area contributed by atoms with Gasteiger partial charge in [-0.15, -0.1) is 0 Å². The highest BCUT2D eigenvalue weighted by atomic mass is 32.2. The molecule has 3 aromatic rings. The Labute approximate surface area is 199 Å². The molecule has 2 aromatic carbocycles. The van der Waals surface area contributed by atoms with Gasteiger partial charge in [0.25, 0.3) is 0 Å². The normalized spacial score (nSPS) is 13.0. The van der Waals surface area contributed by atoms with E-state index >= 15 is 0 Å². The number of carbonyl (C=O) groups excluding carboxylic acids is 1. The van der Waals surface area contributed by atoms with Gasteiger partial charge in [0.2, 0.25) is 5.91 Å².